The Hall–Kier alpha value is -2.26. The van der Waals surface area contributed by atoms with E-state index in [1.807, 2.05) is 12.1 Å². The molecule has 0 aliphatic rings. The first kappa shape index (κ1) is 9.83. The summed E-state index contributed by atoms with van der Waals surface area (Å²) in [5, 5.41) is 17.4. The Morgan fingerprint density at radius 2 is 2.00 bits per heavy atom. The summed E-state index contributed by atoms with van der Waals surface area (Å²) in [5.41, 5.74) is 0.688. The van der Waals surface area contributed by atoms with Gasteiger partial charge in [0.2, 0.25) is 0 Å². The Balaban J connectivity index is 2.98. The largest absolute Gasteiger partial charge is 0.490 e. The molecule has 3 nitrogen and oxygen atoms in total. The minimum absolute atomic E-state index is 0.328. The van der Waals surface area contributed by atoms with Gasteiger partial charge in [0, 0.05) is 0 Å². The smallest absolute Gasteiger partial charge is 0.121 e. The highest BCUT2D eigenvalue weighted by atomic mass is 16.5. The maximum atomic E-state index is 8.72. The fraction of sp³-hybridized carbons (Fsp3) is 0.0909. The molecule has 0 unspecified atom stereocenters. The highest BCUT2D eigenvalue weighted by molar-refractivity contribution is 5.49. The molecule has 1 rings (SSSR count). The Morgan fingerprint density at radius 3 is 2.57 bits per heavy atom. The molecule has 3 heteroatoms. The van der Waals surface area contributed by atoms with Crippen molar-refractivity contribution in [1.29, 1.82) is 10.5 Å². The van der Waals surface area contributed by atoms with Crippen molar-refractivity contribution in [2.45, 2.75) is 0 Å². The lowest BCUT2D eigenvalue weighted by Crippen LogP contribution is -1.94. The molecule has 1 aromatic rings. The number of ether oxygens (including phenoxy) is 1. The van der Waals surface area contributed by atoms with Gasteiger partial charge < -0.3 is 4.74 Å². The van der Waals surface area contributed by atoms with Gasteiger partial charge in [-0.2, -0.15) is 10.5 Å². The number of benzene rings is 1. The summed E-state index contributed by atoms with van der Waals surface area (Å²) >= 11 is 0. The first-order chi connectivity index (χ1) is 6.81. The average molecular weight is 184 g/mol. The minimum Gasteiger partial charge on any atom is -0.490 e. The molecule has 0 heterocycles. The maximum Gasteiger partial charge on any atom is 0.121 e. The predicted octanol–water partition coefficient (Wildman–Crippen LogP) is 1.99. The molecule has 0 aromatic heterocycles. The first-order valence-electron chi connectivity index (χ1n) is 3.99. The molecule has 0 spiro atoms. The van der Waals surface area contributed by atoms with Crippen LogP contribution in [0.4, 0.5) is 0 Å². The van der Waals surface area contributed by atoms with E-state index in [0.717, 1.165) is 0 Å². The molecular formula is C11H8N2O. The molecule has 14 heavy (non-hydrogen) atoms. The Bertz CT molecular complexity index is 424. The van der Waals surface area contributed by atoms with Crippen LogP contribution in [-0.4, -0.2) is 6.61 Å². The van der Waals surface area contributed by atoms with Gasteiger partial charge in [0.25, 0.3) is 0 Å². The maximum absolute atomic E-state index is 8.72. The molecular weight excluding hydrogens is 176 g/mol. The molecule has 0 radical (unpaired) electrons. The van der Waals surface area contributed by atoms with Crippen molar-refractivity contribution >= 4 is 0 Å². The van der Waals surface area contributed by atoms with Crippen molar-refractivity contribution in [3.05, 3.63) is 42.0 Å². The highest BCUT2D eigenvalue weighted by Crippen LogP contribution is 2.16. The van der Waals surface area contributed by atoms with Crippen molar-refractivity contribution in [3.8, 4) is 17.9 Å². The Labute approximate surface area is 82.5 Å². The van der Waals surface area contributed by atoms with E-state index in [9.17, 15) is 0 Å². The molecule has 0 saturated heterocycles. The molecule has 0 bridgehead atoms. The Morgan fingerprint density at radius 1 is 1.29 bits per heavy atom. The first-order valence-corrected chi connectivity index (χ1v) is 3.99. The third-order valence-corrected chi connectivity index (χ3v) is 1.60. The van der Waals surface area contributed by atoms with E-state index in [2.05, 4.69) is 6.58 Å². The monoisotopic (exact) mass is 184 g/mol. The zero-order valence-electron chi connectivity index (χ0n) is 7.53. The fourth-order valence-corrected chi connectivity index (χ4v) is 0.958. The van der Waals surface area contributed by atoms with Gasteiger partial charge in [-0.3, -0.25) is 0 Å². The number of nitriles is 2. The van der Waals surface area contributed by atoms with Gasteiger partial charge in [0.05, 0.1) is 11.1 Å². The quantitative estimate of drug-likeness (QED) is 0.675. The van der Waals surface area contributed by atoms with Crippen LogP contribution in [-0.2, 0) is 0 Å². The van der Waals surface area contributed by atoms with Crippen molar-refractivity contribution in [1.82, 2.24) is 0 Å². The second-order valence-corrected chi connectivity index (χ2v) is 2.53. The zero-order chi connectivity index (χ0) is 10.4. The predicted molar refractivity (Wildman–Crippen MR) is 51.6 cm³/mol. The SMILES string of the molecule is C=CCOc1ccc(C#N)c(C#N)c1. The van der Waals surface area contributed by atoms with Gasteiger partial charge >= 0.3 is 0 Å². The molecule has 0 aliphatic carbocycles. The average Bonchev–Trinajstić information content (AvgIpc) is 2.25. The molecule has 0 fully saturated rings. The topological polar surface area (TPSA) is 56.8 Å². The summed E-state index contributed by atoms with van der Waals surface area (Å²) in [7, 11) is 0. The second-order valence-electron chi connectivity index (χ2n) is 2.53. The summed E-state index contributed by atoms with van der Waals surface area (Å²) in [6.07, 6.45) is 1.62. The highest BCUT2D eigenvalue weighted by Gasteiger charge is 2.02. The van der Waals surface area contributed by atoms with E-state index in [1.54, 1.807) is 24.3 Å². The molecule has 0 N–H and O–H groups in total. The summed E-state index contributed by atoms with van der Waals surface area (Å²) in [5.74, 6) is 0.570. The molecule has 0 amide bonds. The third kappa shape index (κ3) is 2.12. The standard InChI is InChI=1S/C11H8N2O/c1-2-5-14-11-4-3-9(7-12)10(6-11)8-13/h2-4,6H,1,5H2. The van der Waals surface area contributed by atoms with Gasteiger partial charge in [0.1, 0.15) is 24.5 Å². The van der Waals surface area contributed by atoms with E-state index < -0.39 is 0 Å². The van der Waals surface area contributed by atoms with Crippen LogP contribution in [0.2, 0.25) is 0 Å². The van der Waals surface area contributed by atoms with Crippen LogP contribution in [0.25, 0.3) is 0 Å². The van der Waals surface area contributed by atoms with E-state index >= 15 is 0 Å². The van der Waals surface area contributed by atoms with Gasteiger partial charge in [-0.1, -0.05) is 12.7 Å². The lowest BCUT2D eigenvalue weighted by molar-refractivity contribution is 0.363. The summed E-state index contributed by atoms with van der Waals surface area (Å²) in [4.78, 5) is 0. The summed E-state index contributed by atoms with van der Waals surface area (Å²) in [6.45, 7) is 3.90. The second kappa shape index (κ2) is 4.69. The van der Waals surface area contributed by atoms with Gasteiger partial charge in [-0.25, -0.2) is 0 Å². The van der Waals surface area contributed by atoms with E-state index in [4.69, 9.17) is 15.3 Å². The van der Waals surface area contributed by atoms with Crippen LogP contribution >= 0.6 is 0 Å². The van der Waals surface area contributed by atoms with Crippen LogP contribution in [0.1, 0.15) is 11.1 Å². The number of hydrogen-bond acceptors (Lipinski definition) is 3. The number of rotatable bonds is 3. The normalized spacial score (nSPS) is 8.43. The molecule has 1 aromatic carbocycles. The van der Waals surface area contributed by atoms with Gasteiger partial charge in [-0.05, 0) is 18.2 Å². The molecule has 0 saturated carbocycles. The molecule has 0 atom stereocenters. The van der Waals surface area contributed by atoms with Gasteiger partial charge in [-0.15, -0.1) is 0 Å². The van der Waals surface area contributed by atoms with Crippen LogP contribution in [0, 0.1) is 22.7 Å². The number of hydrogen-bond donors (Lipinski definition) is 0. The zero-order valence-corrected chi connectivity index (χ0v) is 7.53. The lowest BCUT2D eigenvalue weighted by atomic mass is 10.1. The minimum atomic E-state index is 0.328. The molecule has 68 valence electrons. The summed E-state index contributed by atoms with van der Waals surface area (Å²) < 4.78 is 5.22. The van der Waals surface area contributed by atoms with Crippen LogP contribution in [0.15, 0.2) is 30.9 Å². The van der Waals surface area contributed by atoms with E-state index in [-0.39, 0.29) is 0 Å². The van der Waals surface area contributed by atoms with Crippen molar-refractivity contribution in [2.24, 2.45) is 0 Å². The van der Waals surface area contributed by atoms with E-state index in [1.165, 1.54) is 0 Å². The van der Waals surface area contributed by atoms with Crippen LogP contribution < -0.4 is 4.74 Å². The van der Waals surface area contributed by atoms with Crippen LogP contribution in [0.5, 0.6) is 5.75 Å². The van der Waals surface area contributed by atoms with Gasteiger partial charge in [0.15, 0.2) is 0 Å². The molecule has 0 aliphatic heterocycles. The lowest BCUT2D eigenvalue weighted by Gasteiger charge is -2.03. The number of nitrogens with zero attached hydrogens (tertiary/aromatic N) is 2. The third-order valence-electron chi connectivity index (χ3n) is 1.60. The van der Waals surface area contributed by atoms with Crippen molar-refractivity contribution < 1.29 is 4.74 Å². The van der Waals surface area contributed by atoms with E-state index in [0.29, 0.717) is 23.5 Å². The van der Waals surface area contributed by atoms with Crippen LogP contribution in [0.3, 0.4) is 0 Å². The summed E-state index contributed by atoms with van der Waals surface area (Å²) in [6, 6.07) is 8.63. The fourth-order valence-electron chi connectivity index (χ4n) is 0.958. The van der Waals surface area contributed by atoms with Crippen molar-refractivity contribution in [2.75, 3.05) is 6.61 Å². The van der Waals surface area contributed by atoms with Crippen molar-refractivity contribution in [3.63, 3.8) is 0 Å². The Kier molecular flexibility index (Phi) is 3.29.